The van der Waals surface area contributed by atoms with Gasteiger partial charge in [-0.2, -0.15) is 5.21 Å². The topological polar surface area (TPSA) is 92.5 Å². The Morgan fingerprint density at radius 1 is 1.12 bits per heavy atom. The number of hydroxylamine groups is 4. The number of hydrogen-bond donors (Lipinski definition) is 1. The van der Waals surface area contributed by atoms with Crippen molar-refractivity contribution in [3.63, 3.8) is 0 Å². The van der Waals surface area contributed by atoms with E-state index in [1.54, 1.807) is 0 Å². The molecule has 1 aliphatic carbocycles. The van der Waals surface area contributed by atoms with Crippen LogP contribution in [-0.4, -0.2) is 27.5 Å². The Morgan fingerprint density at radius 2 is 1.84 bits per heavy atom. The maximum Gasteiger partial charge on any atom is 0.377 e. The average Bonchev–Trinajstić information content (AvgIpc) is 3.36. The monoisotopic (exact) mass is 435 g/mol. The largest absolute Gasteiger partial charge is 0.487 e. The fourth-order valence-corrected chi connectivity index (χ4v) is 4.54. The molecule has 7 nitrogen and oxygen atoms in total. The van der Waals surface area contributed by atoms with E-state index in [0.29, 0.717) is 12.5 Å². The summed E-state index contributed by atoms with van der Waals surface area (Å²) in [5.74, 6) is 7.57. The number of rotatable bonds is 8. The number of nitrogens with zero attached hydrogens (tertiary/aromatic N) is 2. The van der Waals surface area contributed by atoms with Gasteiger partial charge in [0.15, 0.2) is 6.54 Å². The van der Waals surface area contributed by atoms with Crippen molar-refractivity contribution in [2.45, 2.75) is 45.1 Å². The highest BCUT2D eigenvalue weighted by atomic mass is 17.0. The van der Waals surface area contributed by atoms with Gasteiger partial charge in [-0.1, -0.05) is 49.2 Å². The molecule has 2 N–H and O–H groups in total. The number of para-hydroxylation sites is 1. The average molecular weight is 436 g/mol. The lowest BCUT2D eigenvalue weighted by Crippen LogP contribution is -2.51. The number of benzene rings is 2. The van der Waals surface area contributed by atoms with Crippen molar-refractivity contribution >= 4 is 16.8 Å². The number of fused-ring (bicyclic) bond motifs is 1. The Kier molecular flexibility index (Phi) is 6.81. The molecule has 32 heavy (non-hydrogen) atoms. The summed E-state index contributed by atoms with van der Waals surface area (Å²) in [4.78, 5) is 19.6. The summed E-state index contributed by atoms with van der Waals surface area (Å²) >= 11 is 0. The number of amides is 1. The molecule has 2 aromatic carbocycles. The molecule has 0 bridgehead atoms. The molecular formula is C25H29N3O4+. The highest BCUT2D eigenvalue weighted by Gasteiger charge is 2.42. The Balaban J connectivity index is 1.47. The van der Waals surface area contributed by atoms with Crippen LogP contribution in [0.5, 0.6) is 5.75 Å². The standard InChI is InChI=1S/C25H29N3O4/c1-18(29)28(30,32-26)16-24(19-6-2-3-7-19)20-11-14-23(15-12-20)31-17-22-13-10-21-8-4-5-9-25(21)27-22/h4-5,8-15,19,24,26,30H,2-3,6-7,16-17H2,1H3/q+1. The first-order valence-electron chi connectivity index (χ1n) is 11.0. The molecular weight excluding hydrogens is 406 g/mol. The number of carbonyl (C=O) groups excluding carboxylic acids is 1. The summed E-state index contributed by atoms with van der Waals surface area (Å²) in [5, 5.41) is 11.6. The quantitative estimate of drug-likeness (QED) is 0.306. The van der Waals surface area contributed by atoms with Gasteiger partial charge in [-0.3, -0.25) is 0 Å². The molecule has 2 atom stereocenters. The van der Waals surface area contributed by atoms with E-state index in [1.807, 2.05) is 60.7 Å². The predicted molar refractivity (Wildman–Crippen MR) is 119 cm³/mol. The van der Waals surface area contributed by atoms with Gasteiger partial charge in [0.1, 0.15) is 12.4 Å². The van der Waals surface area contributed by atoms with Gasteiger partial charge >= 0.3 is 5.91 Å². The Hall–Kier alpha value is -2.84. The molecule has 2 unspecified atom stereocenters. The van der Waals surface area contributed by atoms with E-state index in [1.165, 1.54) is 6.92 Å². The smallest absolute Gasteiger partial charge is 0.377 e. The minimum atomic E-state index is -1.34. The number of pyridine rings is 1. The van der Waals surface area contributed by atoms with Crippen molar-refractivity contribution in [3.8, 4) is 5.75 Å². The van der Waals surface area contributed by atoms with Crippen molar-refractivity contribution in [1.29, 1.82) is 0 Å². The molecule has 1 aromatic heterocycles. The fraction of sp³-hybridized carbons (Fsp3) is 0.360. The number of carbonyl (C=O) groups is 1. The van der Waals surface area contributed by atoms with Gasteiger partial charge in [-0.15, -0.1) is 0 Å². The van der Waals surface area contributed by atoms with Gasteiger partial charge in [-0.25, -0.2) is 9.78 Å². The van der Waals surface area contributed by atoms with Gasteiger partial charge < -0.3 is 4.74 Å². The molecule has 1 aliphatic rings. The Bertz CT molecular complexity index is 1070. The summed E-state index contributed by atoms with van der Waals surface area (Å²) in [6.45, 7) is 1.62. The van der Waals surface area contributed by atoms with E-state index in [4.69, 9.17) is 10.6 Å². The molecule has 4 rings (SSSR count). The lowest BCUT2D eigenvalue weighted by molar-refractivity contribution is -1.19. The third kappa shape index (κ3) is 4.97. The zero-order valence-corrected chi connectivity index (χ0v) is 18.2. The molecule has 167 valence electrons. The maximum atomic E-state index is 11.9. The third-order valence-electron chi connectivity index (χ3n) is 6.41. The molecule has 1 amide bonds. The fourth-order valence-electron chi connectivity index (χ4n) is 4.54. The van der Waals surface area contributed by atoms with Crippen molar-refractivity contribution in [1.82, 2.24) is 10.9 Å². The van der Waals surface area contributed by atoms with Crippen molar-refractivity contribution in [2.24, 2.45) is 5.92 Å². The number of hydrogen-bond acceptors (Lipinski definition) is 5. The first-order chi connectivity index (χ1) is 15.5. The minimum absolute atomic E-state index is 0.0186. The Morgan fingerprint density at radius 3 is 2.53 bits per heavy atom. The molecule has 1 saturated carbocycles. The van der Waals surface area contributed by atoms with Crippen LogP contribution in [-0.2, 0) is 16.3 Å². The Labute approximate surface area is 187 Å². The van der Waals surface area contributed by atoms with E-state index in [-0.39, 0.29) is 12.5 Å². The van der Waals surface area contributed by atoms with Crippen LogP contribution >= 0.6 is 0 Å². The van der Waals surface area contributed by atoms with Crippen LogP contribution in [0.25, 0.3) is 10.9 Å². The summed E-state index contributed by atoms with van der Waals surface area (Å²) in [6.07, 6.45) is 4.33. The van der Waals surface area contributed by atoms with Gasteiger partial charge in [0.2, 0.25) is 0 Å². The highest BCUT2D eigenvalue weighted by molar-refractivity contribution is 5.78. The van der Waals surface area contributed by atoms with Gasteiger partial charge in [0, 0.05) is 16.1 Å². The normalized spacial score (nSPS) is 17.2. The SMILES string of the molecule is CC(=O)[N+](O)(CC(c1ccc(OCc2ccc3ccccc3n2)cc1)C1CCCC1)O[NH]. The second-order valence-corrected chi connectivity index (χ2v) is 8.50. The van der Waals surface area contributed by atoms with Crippen molar-refractivity contribution in [3.05, 3.63) is 71.9 Å². The maximum absolute atomic E-state index is 11.9. The molecule has 0 aliphatic heterocycles. The lowest BCUT2D eigenvalue weighted by atomic mass is 9.84. The number of aromatic nitrogens is 1. The predicted octanol–water partition coefficient (Wildman–Crippen LogP) is 4.97. The summed E-state index contributed by atoms with van der Waals surface area (Å²) < 4.78 is 5.94. The summed E-state index contributed by atoms with van der Waals surface area (Å²) in [7, 11) is 0. The molecule has 1 heterocycles. The van der Waals surface area contributed by atoms with E-state index in [2.05, 4.69) is 9.92 Å². The molecule has 0 spiro atoms. The zero-order chi connectivity index (χ0) is 22.6. The van der Waals surface area contributed by atoms with Crippen LogP contribution in [0.2, 0.25) is 0 Å². The third-order valence-corrected chi connectivity index (χ3v) is 6.41. The van der Waals surface area contributed by atoms with Crippen LogP contribution in [0, 0.1) is 5.92 Å². The molecule has 1 fully saturated rings. The molecule has 1 radical (unpaired) electrons. The van der Waals surface area contributed by atoms with Gasteiger partial charge in [-0.05, 0) is 59.4 Å². The van der Waals surface area contributed by atoms with E-state index in [9.17, 15) is 10.0 Å². The first kappa shape index (κ1) is 22.4. The highest BCUT2D eigenvalue weighted by Crippen LogP contribution is 2.39. The lowest BCUT2D eigenvalue weighted by Gasteiger charge is -2.29. The molecule has 7 heteroatoms. The zero-order valence-electron chi connectivity index (χ0n) is 18.2. The minimum Gasteiger partial charge on any atom is -0.487 e. The van der Waals surface area contributed by atoms with E-state index < -0.39 is 10.7 Å². The number of quaternary nitrogens is 1. The van der Waals surface area contributed by atoms with Gasteiger partial charge in [0.25, 0.3) is 0 Å². The summed E-state index contributed by atoms with van der Waals surface area (Å²) in [6, 6.07) is 19.7. The second-order valence-electron chi connectivity index (χ2n) is 8.50. The van der Waals surface area contributed by atoms with Crippen LogP contribution in [0.3, 0.4) is 0 Å². The molecule has 3 aromatic rings. The number of nitrogens with one attached hydrogen (secondary N) is 1. The van der Waals surface area contributed by atoms with Crippen LogP contribution in [0.1, 0.15) is 49.8 Å². The number of ether oxygens (including phenoxy) is 1. The van der Waals surface area contributed by atoms with Crippen LogP contribution in [0.15, 0.2) is 60.7 Å². The molecule has 0 saturated heterocycles. The van der Waals surface area contributed by atoms with E-state index >= 15 is 0 Å². The van der Waals surface area contributed by atoms with Crippen molar-refractivity contribution < 1.29 is 24.5 Å². The first-order valence-corrected chi connectivity index (χ1v) is 11.0. The van der Waals surface area contributed by atoms with Crippen molar-refractivity contribution in [2.75, 3.05) is 6.54 Å². The summed E-state index contributed by atoms with van der Waals surface area (Å²) in [5.41, 5.74) is 2.80. The van der Waals surface area contributed by atoms with E-state index in [0.717, 1.165) is 53.6 Å². The second kappa shape index (κ2) is 9.75. The van der Waals surface area contributed by atoms with Gasteiger partial charge in [0.05, 0.1) is 18.1 Å². The van der Waals surface area contributed by atoms with Crippen LogP contribution < -0.4 is 10.6 Å². The van der Waals surface area contributed by atoms with Crippen LogP contribution in [0.4, 0.5) is 0 Å².